The summed E-state index contributed by atoms with van der Waals surface area (Å²) >= 11 is 0. The van der Waals surface area contributed by atoms with Crippen LogP contribution in [0, 0.1) is 0 Å². The average Bonchev–Trinajstić information content (AvgIpc) is 2.53. The van der Waals surface area contributed by atoms with Gasteiger partial charge < -0.3 is 29.7 Å². The standard InChI is InChI=1S/C17H27N3O5/c1-11(2)18-10-13(21)12-7-8-14(24-16(22)19(3)4)15(9-12)25-17(23)20(5)6/h7-9,11,13,18,21H,10H2,1-6H3/p+1. The number of ether oxygens (including phenoxy) is 2. The molecule has 3 N–H and O–H groups in total. The number of aliphatic hydroxyl groups is 1. The van der Waals surface area contributed by atoms with Crippen molar-refractivity contribution >= 4 is 12.2 Å². The SMILES string of the molecule is CC(C)[NH2+]CC(O)c1ccc(OC(=O)N(C)C)c(OC(=O)N(C)C)c1. The minimum atomic E-state index is -0.738. The first kappa shape index (κ1) is 20.7. The maximum atomic E-state index is 11.9. The second-order valence-corrected chi connectivity index (χ2v) is 6.46. The summed E-state index contributed by atoms with van der Waals surface area (Å²) in [5.41, 5.74) is 0.572. The Morgan fingerprint density at radius 2 is 1.56 bits per heavy atom. The highest BCUT2D eigenvalue weighted by Crippen LogP contribution is 2.31. The summed E-state index contributed by atoms with van der Waals surface area (Å²) in [6, 6.07) is 5.01. The van der Waals surface area contributed by atoms with Gasteiger partial charge in [0, 0.05) is 28.2 Å². The average molecular weight is 354 g/mol. The number of nitrogens with zero attached hydrogens (tertiary/aromatic N) is 2. The molecule has 0 saturated heterocycles. The van der Waals surface area contributed by atoms with E-state index in [1.165, 1.54) is 21.9 Å². The molecule has 0 heterocycles. The van der Waals surface area contributed by atoms with Crippen molar-refractivity contribution in [3.8, 4) is 11.5 Å². The zero-order valence-electron chi connectivity index (χ0n) is 15.6. The van der Waals surface area contributed by atoms with Gasteiger partial charge in [-0.1, -0.05) is 6.07 Å². The highest BCUT2D eigenvalue weighted by Gasteiger charge is 2.19. The minimum Gasteiger partial charge on any atom is -0.406 e. The van der Waals surface area contributed by atoms with Crippen molar-refractivity contribution in [3.05, 3.63) is 23.8 Å². The fraction of sp³-hybridized carbons (Fsp3) is 0.529. The Morgan fingerprint density at radius 1 is 1.04 bits per heavy atom. The molecule has 8 nitrogen and oxygen atoms in total. The second-order valence-electron chi connectivity index (χ2n) is 6.46. The molecule has 1 rings (SSSR count). The predicted molar refractivity (Wildman–Crippen MR) is 92.8 cm³/mol. The molecule has 1 atom stereocenters. The van der Waals surface area contributed by atoms with Crippen LogP contribution in [0.2, 0.25) is 0 Å². The Labute approximate surface area is 148 Å². The Kier molecular flexibility index (Phi) is 7.66. The summed E-state index contributed by atoms with van der Waals surface area (Å²) in [7, 11) is 6.19. The number of aliphatic hydroxyl groups excluding tert-OH is 1. The predicted octanol–water partition coefficient (Wildman–Crippen LogP) is 0.813. The highest BCUT2D eigenvalue weighted by molar-refractivity contribution is 5.74. The van der Waals surface area contributed by atoms with E-state index in [0.29, 0.717) is 18.2 Å². The summed E-state index contributed by atoms with van der Waals surface area (Å²) < 4.78 is 10.5. The van der Waals surface area contributed by atoms with E-state index in [1.807, 2.05) is 19.2 Å². The number of carbonyl (C=O) groups excluding carboxylic acids is 2. The summed E-state index contributed by atoms with van der Waals surface area (Å²) in [5, 5.41) is 12.3. The molecule has 1 aromatic carbocycles. The van der Waals surface area contributed by atoms with Crippen molar-refractivity contribution in [1.29, 1.82) is 0 Å². The molecule has 1 aromatic rings. The van der Waals surface area contributed by atoms with Crippen molar-refractivity contribution in [2.75, 3.05) is 34.7 Å². The van der Waals surface area contributed by atoms with E-state index in [9.17, 15) is 14.7 Å². The topological polar surface area (TPSA) is 95.9 Å². The van der Waals surface area contributed by atoms with Crippen LogP contribution in [0.3, 0.4) is 0 Å². The molecular weight excluding hydrogens is 326 g/mol. The number of rotatable bonds is 6. The van der Waals surface area contributed by atoms with E-state index in [-0.39, 0.29) is 11.5 Å². The number of carbonyl (C=O) groups is 2. The highest BCUT2D eigenvalue weighted by atomic mass is 16.6. The van der Waals surface area contributed by atoms with Crippen LogP contribution >= 0.6 is 0 Å². The Balaban J connectivity index is 3.07. The van der Waals surface area contributed by atoms with Crippen molar-refractivity contribution in [2.45, 2.75) is 26.0 Å². The Morgan fingerprint density at radius 3 is 2.04 bits per heavy atom. The molecule has 2 amide bonds. The van der Waals surface area contributed by atoms with Gasteiger partial charge in [0.2, 0.25) is 0 Å². The molecule has 0 saturated carbocycles. The molecule has 0 bridgehead atoms. The van der Waals surface area contributed by atoms with Crippen LogP contribution < -0.4 is 14.8 Å². The van der Waals surface area contributed by atoms with Gasteiger partial charge in [-0.25, -0.2) is 9.59 Å². The lowest BCUT2D eigenvalue weighted by molar-refractivity contribution is -0.689. The van der Waals surface area contributed by atoms with Crippen LogP contribution in [-0.2, 0) is 0 Å². The van der Waals surface area contributed by atoms with Crippen LogP contribution in [0.25, 0.3) is 0 Å². The van der Waals surface area contributed by atoms with Crippen LogP contribution in [0.1, 0.15) is 25.5 Å². The van der Waals surface area contributed by atoms with Crippen molar-refractivity contribution < 1.29 is 29.5 Å². The third kappa shape index (κ3) is 6.60. The largest absolute Gasteiger partial charge is 0.414 e. The van der Waals surface area contributed by atoms with E-state index >= 15 is 0 Å². The van der Waals surface area contributed by atoms with Gasteiger partial charge in [0.25, 0.3) is 0 Å². The number of hydrogen-bond donors (Lipinski definition) is 2. The van der Waals surface area contributed by atoms with Gasteiger partial charge in [-0.3, -0.25) is 0 Å². The summed E-state index contributed by atoms with van der Waals surface area (Å²) in [6.07, 6.45) is -1.94. The fourth-order valence-electron chi connectivity index (χ4n) is 1.80. The lowest BCUT2D eigenvalue weighted by Crippen LogP contribution is -2.89. The van der Waals surface area contributed by atoms with Gasteiger partial charge in [-0.05, 0) is 31.5 Å². The van der Waals surface area contributed by atoms with E-state index in [4.69, 9.17) is 9.47 Å². The number of quaternary nitrogens is 1. The molecule has 0 fully saturated rings. The monoisotopic (exact) mass is 354 g/mol. The molecule has 25 heavy (non-hydrogen) atoms. The molecule has 0 aliphatic rings. The second kappa shape index (κ2) is 9.24. The maximum absolute atomic E-state index is 11.9. The van der Waals surface area contributed by atoms with Gasteiger partial charge in [-0.2, -0.15) is 0 Å². The first-order chi connectivity index (χ1) is 11.6. The molecule has 0 aliphatic carbocycles. The Hall–Kier alpha value is -2.32. The summed E-state index contributed by atoms with van der Waals surface area (Å²) in [6.45, 7) is 4.52. The number of amides is 2. The van der Waals surface area contributed by atoms with E-state index < -0.39 is 18.3 Å². The first-order valence-corrected chi connectivity index (χ1v) is 8.05. The van der Waals surface area contributed by atoms with Gasteiger partial charge in [0.1, 0.15) is 12.6 Å². The smallest absolute Gasteiger partial charge is 0.406 e. The molecule has 8 heteroatoms. The number of hydrogen-bond acceptors (Lipinski definition) is 5. The number of benzene rings is 1. The van der Waals surface area contributed by atoms with Crippen LogP contribution in [0.15, 0.2) is 18.2 Å². The minimum absolute atomic E-state index is 0.0787. The zero-order valence-corrected chi connectivity index (χ0v) is 15.6. The van der Waals surface area contributed by atoms with Crippen molar-refractivity contribution in [1.82, 2.24) is 9.80 Å². The van der Waals surface area contributed by atoms with Crippen LogP contribution in [0.4, 0.5) is 9.59 Å². The van der Waals surface area contributed by atoms with E-state index in [2.05, 4.69) is 0 Å². The van der Waals surface area contributed by atoms with E-state index in [0.717, 1.165) is 0 Å². The molecule has 0 aliphatic heterocycles. The first-order valence-electron chi connectivity index (χ1n) is 8.05. The fourth-order valence-corrected chi connectivity index (χ4v) is 1.80. The summed E-state index contributed by atoms with van der Waals surface area (Å²) in [5.74, 6) is 0.188. The Bertz CT molecular complexity index is 602. The molecule has 0 radical (unpaired) electrons. The van der Waals surface area contributed by atoms with Gasteiger partial charge >= 0.3 is 12.2 Å². The van der Waals surface area contributed by atoms with Crippen molar-refractivity contribution in [2.24, 2.45) is 0 Å². The molecule has 0 spiro atoms. The van der Waals surface area contributed by atoms with Crippen LogP contribution in [-0.4, -0.2) is 67.9 Å². The van der Waals surface area contributed by atoms with Gasteiger partial charge in [0.15, 0.2) is 11.5 Å². The van der Waals surface area contributed by atoms with Crippen molar-refractivity contribution in [3.63, 3.8) is 0 Å². The normalized spacial score (nSPS) is 11.8. The summed E-state index contributed by atoms with van der Waals surface area (Å²) in [4.78, 5) is 26.2. The van der Waals surface area contributed by atoms with Gasteiger partial charge in [-0.15, -0.1) is 0 Å². The third-order valence-corrected chi connectivity index (χ3v) is 3.31. The third-order valence-electron chi connectivity index (χ3n) is 3.31. The molecular formula is C17H28N3O5+. The lowest BCUT2D eigenvalue weighted by atomic mass is 10.1. The maximum Gasteiger partial charge on any atom is 0.414 e. The molecule has 0 aromatic heterocycles. The van der Waals surface area contributed by atoms with Crippen LogP contribution in [0.5, 0.6) is 11.5 Å². The molecule has 1 unspecified atom stereocenters. The van der Waals surface area contributed by atoms with E-state index in [1.54, 1.807) is 34.3 Å². The quantitative estimate of drug-likeness (QED) is 0.788. The zero-order chi connectivity index (χ0) is 19.1. The number of nitrogens with two attached hydrogens (primary N) is 1. The molecule has 140 valence electrons. The van der Waals surface area contributed by atoms with Gasteiger partial charge in [0.05, 0.1) is 6.04 Å². The lowest BCUT2D eigenvalue weighted by Gasteiger charge is -2.18.